The number of nitriles is 1. The molecule has 1 aliphatic rings. The summed E-state index contributed by atoms with van der Waals surface area (Å²) in [6.45, 7) is 6.71. The van der Waals surface area contributed by atoms with Crippen LogP contribution in [-0.4, -0.2) is 11.1 Å². The van der Waals surface area contributed by atoms with Gasteiger partial charge in [0.25, 0.3) is 0 Å². The minimum absolute atomic E-state index is 0.0981. The average molecular weight is 585 g/mol. The summed E-state index contributed by atoms with van der Waals surface area (Å²) in [6, 6.07) is 37.8. The molecule has 0 saturated carbocycles. The highest BCUT2D eigenvalue weighted by molar-refractivity contribution is 7.99. The van der Waals surface area contributed by atoms with Gasteiger partial charge < -0.3 is 10.0 Å². The van der Waals surface area contributed by atoms with Crippen molar-refractivity contribution in [3.8, 4) is 27.0 Å². The van der Waals surface area contributed by atoms with Crippen molar-refractivity contribution < 1.29 is 9.90 Å². The molecule has 0 atom stereocenters. The third kappa shape index (κ3) is 5.37. The molecule has 1 N–H and O–H groups in total. The number of hydrogen-bond donors (Lipinski definition) is 1. The fourth-order valence-corrected chi connectivity index (χ4v) is 7.10. The SMILES string of the molecule is CC(C)(C)c1ccc(N2c3ccccc3Sc3cc(-c4ccc(-c5ccc(/C=C(\C#N)C(=O)O)cc5)s4)ccc32)cc1. The summed E-state index contributed by atoms with van der Waals surface area (Å²) >= 11 is 3.52. The molecule has 0 unspecified atom stereocenters. The Bertz CT molecular complexity index is 1870. The van der Waals surface area contributed by atoms with E-state index in [-0.39, 0.29) is 11.0 Å². The standard InChI is InChI=1S/C36H28N2O2S2/c1-36(2,3)27-13-15-28(16-14-27)38-29-6-4-5-7-33(29)42-34-21-25(12-17-30(34)38)32-19-18-31(41-32)24-10-8-23(9-11-24)20-26(22-37)35(39)40/h4-21H,1-3H3,(H,39,40)/b26-20+. The van der Waals surface area contributed by atoms with Gasteiger partial charge in [-0.2, -0.15) is 5.26 Å². The molecule has 0 aliphatic carbocycles. The molecule has 1 aromatic heterocycles. The Hall–Kier alpha value is -4.57. The predicted molar refractivity (Wildman–Crippen MR) is 174 cm³/mol. The summed E-state index contributed by atoms with van der Waals surface area (Å²) in [5.74, 6) is -1.22. The van der Waals surface area contributed by atoms with E-state index in [0.29, 0.717) is 5.56 Å². The van der Waals surface area contributed by atoms with E-state index in [1.54, 1.807) is 29.2 Å². The molecule has 0 bridgehead atoms. The molecule has 6 heteroatoms. The minimum atomic E-state index is -1.22. The zero-order valence-corrected chi connectivity index (χ0v) is 25.1. The van der Waals surface area contributed by atoms with Crippen LogP contribution in [-0.2, 0) is 10.2 Å². The van der Waals surface area contributed by atoms with Crippen LogP contribution < -0.4 is 4.90 Å². The first-order valence-electron chi connectivity index (χ1n) is 13.6. The third-order valence-electron chi connectivity index (χ3n) is 7.27. The second-order valence-electron chi connectivity index (χ2n) is 11.1. The number of carbonyl (C=O) groups is 1. The summed E-state index contributed by atoms with van der Waals surface area (Å²) in [6.07, 6.45) is 1.39. The van der Waals surface area contributed by atoms with Crippen LogP contribution in [0.5, 0.6) is 0 Å². The van der Waals surface area contributed by atoms with Crippen molar-refractivity contribution in [2.45, 2.75) is 36.0 Å². The topological polar surface area (TPSA) is 64.3 Å². The van der Waals surface area contributed by atoms with Gasteiger partial charge in [0.1, 0.15) is 11.6 Å². The van der Waals surface area contributed by atoms with Crippen molar-refractivity contribution in [3.05, 3.63) is 120 Å². The van der Waals surface area contributed by atoms with E-state index in [2.05, 4.69) is 105 Å². The van der Waals surface area contributed by atoms with Crippen molar-refractivity contribution >= 4 is 52.2 Å². The maximum Gasteiger partial charge on any atom is 0.346 e. The highest BCUT2D eigenvalue weighted by Crippen LogP contribution is 2.52. The molecule has 2 heterocycles. The van der Waals surface area contributed by atoms with Crippen molar-refractivity contribution in [1.82, 2.24) is 0 Å². The second-order valence-corrected chi connectivity index (χ2v) is 13.3. The van der Waals surface area contributed by atoms with Crippen LogP contribution in [0, 0.1) is 11.3 Å². The van der Waals surface area contributed by atoms with Gasteiger partial charge in [-0.25, -0.2) is 4.79 Å². The maximum absolute atomic E-state index is 11.2. The number of carboxylic acids is 1. The van der Waals surface area contributed by atoms with Gasteiger partial charge in [-0.3, -0.25) is 0 Å². The Balaban J connectivity index is 1.32. The Labute approximate surface area is 254 Å². The Morgan fingerprint density at radius 2 is 1.45 bits per heavy atom. The van der Waals surface area contributed by atoms with Gasteiger partial charge in [-0.15, -0.1) is 11.3 Å². The number of anilines is 3. The van der Waals surface area contributed by atoms with Crippen LogP contribution in [0.4, 0.5) is 17.1 Å². The van der Waals surface area contributed by atoms with Crippen LogP contribution in [0.15, 0.2) is 118 Å². The zero-order chi connectivity index (χ0) is 29.4. The Kier molecular flexibility index (Phi) is 7.24. The molecule has 1 aliphatic heterocycles. The lowest BCUT2D eigenvalue weighted by molar-refractivity contribution is -0.132. The van der Waals surface area contributed by atoms with Crippen LogP contribution in [0.1, 0.15) is 31.9 Å². The van der Waals surface area contributed by atoms with Gasteiger partial charge in [0.2, 0.25) is 0 Å². The van der Waals surface area contributed by atoms with Gasteiger partial charge in [0.15, 0.2) is 0 Å². The van der Waals surface area contributed by atoms with Gasteiger partial charge in [-0.1, -0.05) is 87.1 Å². The summed E-state index contributed by atoms with van der Waals surface area (Å²) in [5, 5.41) is 18.1. The van der Waals surface area contributed by atoms with E-state index >= 15 is 0 Å². The molecule has 0 amide bonds. The van der Waals surface area contributed by atoms with Crippen molar-refractivity contribution in [1.29, 1.82) is 5.26 Å². The van der Waals surface area contributed by atoms with Gasteiger partial charge in [-0.05, 0) is 82.3 Å². The number of benzene rings is 4. The van der Waals surface area contributed by atoms with E-state index in [0.717, 1.165) is 16.1 Å². The molecule has 6 rings (SSSR count). The molecule has 5 aromatic rings. The average Bonchev–Trinajstić information content (AvgIpc) is 3.48. The first kappa shape index (κ1) is 27.6. The van der Waals surface area contributed by atoms with E-state index < -0.39 is 5.97 Å². The maximum atomic E-state index is 11.2. The number of thiophene rings is 1. The number of nitrogens with zero attached hydrogens (tertiary/aromatic N) is 2. The quantitative estimate of drug-likeness (QED) is 0.161. The van der Waals surface area contributed by atoms with E-state index in [1.165, 1.54) is 43.2 Å². The van der Waals surface area contributed by atoms with Crippen LogP contribution >= 0.6 is 23.1 Å². The van der Waals surface area contributed by atoms with Crippen molar-refractivity contribution in [3.63, 3.8) is 0 Å². The lowest BCUT2D eigenvalue weighted by atomic mass is 9.87. The largest absolute Gasteiger partial charge is 0.477 e. The molecule has 0 saturated heterocycles. The predicted octanol–water partition coefficient (Wildman–Crippen LogP) is 10.3. The molecule has 4 aromatic carbocycles. The monoisotopic (exact) mass is 584 g/mol. The summed E-state index contributed by atoms with van der Waals surface area (Å²) < 4.78 is 0. The van der Waals surface area contributed by atoms with Gasteiger partial charge in [0, 0.05) is 25.2 Å². The lowest BCUT2D eigenvalue weighted by Crippen LogP contribution is -2.16. The van der Waals surface area contributed by atoms with E-state index in [9.17, 15) is 4.79 Å². The van der Waals surface area contributed by atoms with E-state index in [4.69, 9.17) is 10.4 Å². The van der Waals surface area contributed by atoms with Crippen molar-refractivity contribution in [2.24, 2.45) is 0 Å². The van der Waals surface area contributed by atoms with Crippen LogP contribution in [0.3, 0.4) is 0 Å². The number of aliphatic carboxylic acids is 1. The smallest absolute Gasteiger partial charge is 0.346 e. The number of carboxylic acid groups (broad SMARTS) is 1. The lowest BCUT2D eigenvalue weighted by Gasteiger charge is -2.33. The Morgan fingerprint density at radius 1 is 0.810 bits per heavy atom. The highest BCUT2D eigenvalue weighted by atomic mass is 32.2. The van der Waals surface area contributed by atoms with E-state index in [1.807, 2.05) is 24.3 Å². The minimum Gasteiger partial charge on any atom is -0.477 e. The number of para-hydroxylation sites is 1. The summed E-state index contributed by atoms with van der Waals surface area (Å²) in [7, 11) is 0. The molecule has 42 heavy (non-hydrogen) atoms. The number of rotatable bonds is 5. The highest BCUT2D eigenvalue weighted by Gasteiger charge is 2.25. The fraction of sp³-hybridized carbons (Fsp3) is 0.111. The van der Waals surface area contributed by atoms with Crippen molar-refractivity contribution in [2.75, 3.05) is 4.90 Å². The van der Waals surface area contributed by atoms with Gasteiger partial charge >= 0.3 is 5.97 Å². The number of fused-ring (bicyclic) bond motifs is 2. The third-order valence-corrected chi connectivity index (χ3v) is 9.56. The molecule has 0 spiro atoms. The molecule has 0 fully saturated rings. The fourth-order valence-electron chi connectivity index (χ4n) is 5.00. The molecular weight excluding hydrogens is 557 g/mol. The van der Waals surface area contributed by atoms with Gasteiger partial charge in [0.05, 0.1) is 11.4 Å². The molecule has 206 valence electrons. The molecule has 0 radical (unpaired) electrons. The first-order chi connectivity index (χ1) is 20.2. The van der Waals surface area contributed by atoms with Crippen LogP contribution in [0.25, 0.3) is 27.0 Å². The summed E-state index contributed by atoms with van der Waals surface area (Å²) in [4.78, 5) is 18.2. The number of hydrogen-bond acceptors (Lipinski definition) is 5. The normalized spacial score (nSPS) is 12.8. The zero-order valence-electron chi connectivity index (χ0n) is 23.5. The molecular formula is C36H28N2O2S2. The van der Waals surface area contributed by atoms with Crippen LogP contribution in [0.2, 0.25) is 0 Å². The Morgan fingerprint density at radius 3 is 2.12 bits per heavy atom. The first-order valence-corrected chi connectivity index (χ1v) is 15.2. The molecule has 4 nitrogen and oxygen atoms in total. The second kappa shape index (κ2) is 11.0. The summed E-state index contributed by atoms with van der Waals surface area (Å²) in [5.41, 5.74) is 7.52.